The van der Waals surface area contributed by atoms with Gasteiger partial charge in [0, 0.05) is 6.07 Å². The highest BCUT2D eigenvalue weighted by Crippen LogP contribution is 1.98. The number of rotatable bonds is 2. The van der Waals surface area contributed by atoms with Gasteiger partial charge in [0.15, 0.2) is 5.43 Å². The summed E-state index contributed by atoms with van der Waals surface area (Å²) in [6, 6.07) is 0.617. The van der Waals surface area contributed by atoms with E-state index >= 15 is 0 Å². The lowest BCUT2D eigenvalue weighted by Crippen LogP contribution is -2.15. The van der Waals surface area contributed by atoms with E-state index in [0.29, 0.717) is 12.3 Å². The predicted octanol–water partition coefficient (Wildman–Crippen LogP) is 0.0362. The minimum absolute atomic E-state index is 0.588. The number of carboxylic acid groups (broad SMARTS) is 2. The smallest absolute Gasteiger partial charge is 0.371 e. The summed E-state index contributed by atoms with van der Waals surface area (Å²) in [7, 11) is 0. The molecule has 1 aromatic heterocycles. The van der Waals surface area contributed by atoms with Gasteiger partial charge in [0.05, 0.1) is 0 Å². The average molecular weight is 184 g/mol. The van der Waals surface area contributed by atoms with Crippen molar-refractivity contribution in [1.29, 1.82) is 0 Å². The molecular formula is C7H4O6. The highest BCUT2D eigenvalue weighted by Gasteiger charge is 2.13. The number of hydrogen-bond donors (Lipinski definition) is 2. The molecule has 0 radical (unpaired) electrons. The molecule has 1 aromatic rings. The molecule has 0 spiro atoms. The number of carboxylic acids is 2. The van der Waals surface area contributed by atoms with Crippen molar-refractivity contribution in [1.82, 2.24) is 0 Å². The van der Waals surface area contributed by atoms with Gasteiger partial charge in [0.2, 0.25) is 5.76 Å². The molecular weight excluding hydrogens is 180 g/mol. The lowest BCUT2D eigenvalue weighted by molar-refractivity contribution is 0.0645. The Morgan fingerprint density at radius 2 is 1.85 bits per heavy atom. The van der Waals surface area contributed by atoms with Crippen molar-refractivity contribution in [3.8, 4) is 0 Å². The van der Waals surface area contributed by atoms with Gasteiger partial charge in [-0.25, -0.2) is 9.59 Å². The molecule has 0 atom stereocenters. The number of aromatic carboxylic acids is 2. The molecule has 0 unspecified atom stereocenters. The highest BCUT2D eigenvalue weighted by molar-refractivity contribution is 5.88. The molecule has 0 aromatic carbocycles. The maximum Gasteiger partial charge on any atom is 0.371 e. The molecule has 6 heteroatoms. The van der Waals surface area contributed by atoms with Gasteiger partial charge in [0.25, 0.3) is 0 Å². The van der Waals surface area contributed by atoms with Crippen LogP contribution >= 0.6 is 0 Å². The van der Waals surface area contributed by atoms with Crippen LogP contribution in [-0.4, -0.2) is 22.2 Å². The fraction of sp³-hybridized carbons (Fsp3) is 0. The Balaban J connectivity index is 3.29. The van der Waals surface area contributed by atoms with E-state index in [1.54, 1.807) is 0 Å². The van der Waals surface area contributed by atoms with Crippen LogP contribution in [0, 0.1) is 0 Å². The largest absolute Gasteiger partial charge is 0.477 e. The zero-order valence-corrected chi connectivity index (χ0v) is 6.18. The fourth-order valence-electron chi connectivity index (χ4n) is 0.679. The third-order valence-electron chi connectivity index (χ3n) is 1.27. The van der Waals surface area contributed by atoms with Gasteiger partial charge in [-0.1, -0.05) is 0 Å². The van der Waals surface area contributed by atoms with Crippen LogP contribution in [0.2, 0.25) is 0 Å². The van der Waals surface area contributed by atoms with E-state index in [9.17, 15) is 14.4 Å². The third-order valence-corrected chi connectivity index (χ3v) is 1.27. The lowest BCUT2D eigenvalue weighted by Gasteiger charge is -1.93. The highest BCUT2D eigenvalue weighted by atomic mass is 16.4. The normalized spacial score (nSPS) is 9.54. The van der Waals surface area contributed by atoms with E-state index in [1.165, 1.54) is 0 Å². The molecule has 0 aliphatic heterocycles. The van der Waals surface area contributed by atoms with Crippen LogP contribution < -0.4 is 5.43 Å². The molecule has 0 fully saturated rings. The number of hydrogen-bond acceptors (Lipinski definition) is 4. The first-order chi connectivity index (χ1) is 6.02. The minimum atomic E-state index is -1.45. The van der Waals surface area contributed by atoms with E-state index in [0.717, 1.165) is 0 Å². The molecule has 13 heavy (non-hydrogen) atoms. The van der Waals surface area contributed by atoms with E-state index in [4.69, 9.17) is 10.2 Å². The summed E-state index contributed by atoms with van der Waals surface area (Å²) in [5, 5.41) is 16.7. The second-order valence-corrected chi connectivity index (χ2v) is 2.13. The zero-order chi connectivity index (χ0) is 10.0. The monoisotopic (exact) mass is 184 g/mol. The van der Waals surface area contributed by atoms with Gasteiger partial charge in [-0.2, -0.15) is 0 Å². The summed E-state index contributed by atoms with van der Waals surface area (Å²) in [5.74, 6) is -3.46. The second kappa shape index (κ2) is 3.10. The SMILES string of the molecule is O=C(O)c1cc(=O)c(C(=O)O)co1. The van der Waals surface area contributed by atoms with Gasteiger partial charge in [-0.05, 0) is 0 Å². The van der Waals surface area contributed by atoms with E-state index in [1.807, 2.05) is 0 Å². The Kier molecular flexibility index (Phi) is 2.14. The van der Waals surface area contributed by atoms with Crippen molar-refractivity contribution in [2.45, 2.75) is 0 Å². The molecule has 1 heterocycles. The van der Waals surface area contributed by atoms with Crippen LogP contribution in [0.1, 0.15) is 20.9 Å². The summed E-state index contributed by atoms with van der Waals surface area (Å²) in [5.41, 5.74) is -1.49. The number of carbonyl (C=O) groups is 2. The molecule has 68 valence electrons. The first-order valence-electron chi connectivity index (χ1n) is 3.12. The van der Waals surface area contributed by atoms with E-state index in [-0.39, 0.29) is 0 Å². The second-order valence-electron chi connectivity index (χ2n) is 2.13. The Bertz CT molecular complexity index is 415. The summed E-state index contributed by atoms with van der Waals surface area (Å²) in [6.07, 6.45) is 0.605. The van der Waals surface area contributed by atoms with Crippen molar-refractivity contribution < 1.29 is 24.2 Å². The van der Waals surface area contributed by atoms with Gasteiger partial charge >= 0.3 is 11.9 Å². The summed E-state index contributed by atoms with van der Waals surface area (Å²) >= 11 is 0. The maximum absolute atomic E-state index is 10.9. The molecule has 0 aliphatic carbocycles. The third kappa shape index (κ3) is 1.73. The van der Waals surface area contributed by atoms with Crippen LogP contribution in [0.3, 0.4) is 0 Å². The Hall–Kier alpha value is -2.11. The van der Waals surface area contributed by atoms with Gasteiger partial charge in [-0.15, -0.1) is 0 Å². The van der Waals surface area contributed by atoms with Gasteiger partial charge < -0.3 is 14.6 Å². The van der Waals surface area contributed by atoms with Crippen molar-refractivity contribution >= 4 is 11.9 Å². The standard InChI is InChI=1S/C7H4O6/c8-4-1-5(7(11)12)13-2-3(4)6(9)10/h1-2H,(H,9,10)(H,11,12). The molecule has 1 rings (SSSR count). The predicted molar refractivity (Wildman–Crippen MR) is 38.9 cm³/mol. The maximum atomic E-state index is 10.9. The molecule has 0 bridgehead atoms. The van der Waals surface area contributed by atoms with Crippen molar-refractivity contribution in [3.05, 3.63) is 33.9 Å². The van der Waals surface area contributed by atoms with Crippen LogP contribution in [0.4, 0.5) is 0 Å². The average Bonchev–Trinajstić information content (AvgIpc) is 2.03. The van der Waals surface area contributed by atoms with Gasteiger partial charge in [0.1, 0.15) is 11.8 Å². The Labute approximate surface area is 71.0 Å². The molecule has 0 saturated heterocycles. The van der Waals surface area contributed by atoms with Crippen molar-refractivity contribution in [2.75, 3.05) is 0 Å². The van der Waals surface area contributed by atoms with E-state index < -0.39 is 28.7 Å². The van der Waals surface area contributed by atoms with Crippen molar-refractivity contribution in [3.63, 3.8) is 0 Å². The Morgan fingerprint density at radius 3 is 2.23 bits per heavy atom. The quantitative estimate of drug-likeness (QED) is 0.672. The van der Waals surface area contributed by atoms with Crippen LogP contribution in [0.15, 0.2) is 21.5 Å². The summed E-state index contributed by atoms with van der Waals surface area (Å²) < 4.78 is 4.38. The zero-order valence-electron chi connectivity index (χ0n) is 6.18. The lowest BCUT2D eigenvalue weighted by atomic mass is 10.2. The first kappa shape index (κ1) is 8.98. The molecule has 0 amide bonds. The van der Waals surface area contributed by atoms with Crippen LogP contribution in [-0.2, 0) is 0 Å². The topological polar surface area (TPSA) is 105 Å². The molecule has 2 N–H and O–H groups in total. The van der Waals surface area contributed by atoms with Crippen molar-refractivity contribution in [2.24, 2.45) is 0 Å². The first-order valence-corrected chi connectivity index (χ1v) is 3.12. The minimum Gasteiger partial charge on any atom is -0.477 e. The molecule has 6 nitrogen and oxygen atoms in total. The van der Waals surface area contributed by atoms with Gasteiger partial charge in [-0.3, -0.25) is 4.79 Å². The van der Waals surface area contributed by atoms with E-state index in [2.05, 4.69) is 4.42 Å². The summed E-state index contributed by atoms with van der Waals surface area (Å²) in [4.78, 5) is 31.4. The van der Waals surface area contributed by atoms with Crippen LogP contribution in [0.25, 0.3) is 0 Å². The molecule has 0 saturated carbocycles. The van der Waals surface area contributed by atoms with Crippen LogP contribution in [0.5, 0.6) is 0 Å². The summed E-state index contributed by atoms with van der Waals surface area (Å²) in [6.45, 7) is 0. The fourth-order valence-corrected chi connectivity index (χ4v) is 0.679. The Morgan fingerprint density at radius 1 is 1.23 bits per heavy atom. The molecule has 0 aliphatic rings.